The third-order valence-electron chi connectivity index (χ3n) is 3.49. The van der Waals surface area contributed by atoms with Gasteiger partial charge in [0.25, 0.3) is 5.91 Å². The summed E-state index contributed by atoms with van der Waals surface area (Å²) in [7, 11) is 1.73. The van der Waals surface area contributed by atoms with Gasteiger partial charge in [0.05, 0.1) is 23.6 Å². The first-order chi connectivity index (χ1) is 11.1. The number of nitrogens with one attached hydrogen (secondary N) is 1. The van der Waals surface area contributed by atoms with Crippen LogP contribution in [0.15, 0.2) is 34.9 Å². The summed E-state index contributed by atoms with van der Waals surface area (Å²) < 4.78 is 6.84. The number of nitrogens with zero attached hydrogens (tertiary/aromatic N) is 5. The van der Waals surface area contributed by atoms with Gasteiger partial charge in [0.2, 0.25) is 0 Å². The second-order valence-electron chi connectivity index (χ2n) is 5.16. The van der Waals surface area contributed by atoms with Gasteiger partial charge in [-0.25, -0.2) is 9.67 Å². The molecule has 3 aromatic heterocycles. The van der Waals surface area contributed by atoms with Crippen LogP contribution in [-0.2, 0) is 7.05 Å². The Morgan fingerprint density at radius 2 is 2.17 bits per heavy atom. The highest BCUT2D eigenvalue weighted by Crippen LogP contribution is 2.19. The largest absolute Gasteiger partial charge is 0.463 e. The number of carbonyl (C=O) groups is 1. The van der Waals surface area contributed by atoms with Gasteiger partial charge < -0.3 is 9.73 Å². The van der Waals surface area contributed by atoms with E-state index >= 15 is 0 Å². The zero-order valence-electron chi connectivity index (χ0n) is 13.0. The van der Waals surface area contributed by atoms with Gasteiger partial charge in [-0.1, -0.05) is 0 Å². The molecular formula is C15H16N6O2. The first-order valence-corrected chi connectivity index (χ1v) is 7.11. The van der Waals surface area contributed by atoms with Crippen LogP contribution in [0.25, 0.3) is 11.5 Å². The van der Waals surface area contributed by atoms with Gasteiger partial charge in [0, 0.05) is 7.05 Å². The van der Waals surface area contributed by atoms with Crippen LogP contribution in [-0.4, -0.2) is 31.1 Å². The minimum Gasteiger partial charge on any atom is -0.463 e. The third kappa shape index (κ3) is 2.96. The van der Waals surface area contributed by atoms with Crippen LogP contribution in [0.4, 0.5) is 0 Å². The second-order valence-corrected chi connectivity index (χ2v) is 5.16. The molecule has 23 heavy (non-hydrogen) atoms. The average molecular weight is 312 g/mol. The molecule has 8 nitrogen and oxygen atoms in total. The normalized spacial score (nSPS) is 12.1. The average Bonchev–Trinajstić information content (AvgIpc) is 3.18. The van der Waals surface area contributed by atoms with Gasteiger partial charge in [-0.15, -0.1) is 5.10 Å². The highest BCUT2D eigenvalue weighted by molar-refractivity contribution is 5.95. The predicted molar refractivity (Wildman–Crippen MR) is 81.4 cm³/mol. The molecule has 1 N–H and O–H groups in total. The molecule has 1 atom stereocenters. The van der Waals surface area contributed by atoms with Gasteiger partial charge in [-0.3, -0.25) is 4.79 Å². The van der Waals surface area contributed by atoms with Gasteiger partial charge in [0.1, 0.15) is 5.69 Å². The van der Waals surface area contributed by atoms with E-state index in [9.17, 15) is 4.79 Å². The Morgan fingerprint density at radius 3 is 2.78 bits per heavy atom. The summed E-state index contributed by atoms with van der Waals surface area (Å²) >= 11 is 0. The van der Waals surface area contributed by atoms with E-state index in [0.29, 0.717) is 28.5 Å². The number of aryl methyl sites for hydroxylation is 2. The number of hydrogen-bond acceptors (Lipinski definition) is 6. The zero-order chi connectivity index (χ0) is 16.4. The molecule has 0 aliphatic rings. The van der Waals surface area contributed by atoms with E-state index in [1.807, 2.05) is 13.0 Å². The molecule has 3 rings (SSSR count). The summed E-state index contributed by atoms with van der Waals surface area (Å²) in [6.45, 7) is 3.61. The number of aromatic nitrogens is 5. The molecule has 3 heterocycles. The van der Waals surface area contributed by atoms with Crippen LogP contribution in [0.5, 0.6) is 0 Å². The summed E-state index contributed by atoms with van der Waals surface area (Å²) in [6, 6.07) is 6.80. The molecule has 1 amide bonds. The fraction of sp³-hybridized carbons (Fsp3) is 0.267. The summed E-state index contributed by atoms with van der Waals surface area (Å²) in [5.41, 5.74) is 1.82. The number of furan rings is 1. The predicted octanol–water partition coefficient (Wildman–Crippen LogP) is 1.66. The van der Waals surface area contributed by atoms with Crippen LogP contribution in [0, 0.1) is 6.92 Å². The summed E-state index contributed by atoms with van der Waals surface area (Å²) in [5, 5.41) is 14.1. The van der Waals surface area contributed by atoms with Crippen molar-refractivity contribution >= 4 is 5.91 Å². The van der Waals surface area contributed by atoms with Crippen molar-refractivity contribution in [2.45, 2.75) is 19.9 Å². The van der Waals surface area contributed by atoms with Crippen molar-refractivity contribution in [1.82, 2.24) is 30.5 Å². The molecule has 8 heteroatoms. The summed E-state index contributed by atoms with van der Waals surface area (Å²) in [6.07, 6.45) is 1.59. The van der Waals surface area contributed by atoms with Gasteiger partial charge >= 0.3 is 0 Å². The maximum absolute atomic E-state index is 12.4. The Bertz CT molecular complexity index is 824. The molecule has 0 aliphatic heterocycles. The van der Waals surface area contributed by atoms with Crippen molar-refractivity contribution < 1.29 is 9.21 Å². The molecular weight excluding hydrogens is 296 g/mol. The maximum Gasteiger partial charge on any atom is 0.253 e. The SMILES string of the molecule is Cc1nc(-c2ccco2)ccc1C(=O)N[C@H](C)c1nnnn1C. The van der Waals surface area contributed by atoms with Gasteiger partial charge in [0.15, 0.2) is 11.6 Å². The minimum absolute atomic E-state index is 0.225. The van der Waals surface area contributed by atoms with E-state index < -0.39 is 0 Å². The molecule has 0 radical (unpaired) electrons. The molecule has 0 unspecified atom stereocenters. The fourth-order valence-electron chi connectivity index (χ4n) is 2.30. The Hall–Kier alpha value is -3.03. The number of hydrogen-bond donors (Lipinski definition) is 1. The van der Waals surface area contributed by atoms with E-state index in [1.165, 1.54) is 4.68 Å². The minimum atomic E-state index is -0.313. The van der Waals surface area contributed by atoms with E-state index in [2.05, 4.69) is 25.8 Å². The zero-order valence-corrected chi connectivity index (χ0v) is 13.0. The van der Waals surface area contributed by atoms with Crippen LogP contribution in [0.1, 0.15) is 34.8 Å². The Morgan fingerprint density at radius 1 is 1.35 bits per heavy atom. The molecule has 0 saturated carbocycles. The van der Waals surface area contributed by atoms with Crippen molar-refractivity contribution in [3.05, 3.63) is 47.6 Å². The Labute approximate surface area is 132 Å². The monoisotopic (exact) mass is 312 g/mol. The second kappa shape index (κ2) is 5.99. The topological polar surface area (TPSA) is 98.7 Å². The Balaban J connectivity index is 1.79. The molecule has 0 aromatic carbocycles. The Kier molecular flexibility index (Phi) is 3.88. The van der Waals surface area contributed by atoms with Crippen molar-refractivity contribution in [3.63, 3.8) is 0 Å². The molecule has 0 bridgehead atoms. The number of carbonyl (C=O) groups excluding carboxylic acids is 1. The standard InChI is InChI=1S/C15H16N6O2/c1-9-11(6-7-12(16-9)13-5-4-8-23-13)15(22)17-10(2)14-18-19-20-21(14)3/h4-8,10H,1-3H3,(H,17,22)/t10-/m1/s1. The number of amides is 1. The van der Waals surface area contributed by atoms with Crippen molar-refractivity contribution in [2.24, 2.45) is 7.05 Å². The van der Waals surface area contributed by atoms with E-state index in [4.69, 9.17) is 4.42 Å². The highest BCUT2D eigenvalue weighted by Gasteiger charge is 2.18. The molecule has 0 fully saturated rings. The third-order valence-corrected chi connectivity index (χ3v) is 3.49. The summed E-state index contributed by atoms with van der Waals surface area (Å²) in [5.74, 6) is 1.02. The first kappa shape index (κ1) is 14.9. The summed E-state index contributed by atoms with van der Waals surface area (Å²) in [4.78, 5) is 16.9. The van der Waals surface area contributed by atoms with Crippen molar-refractivity contribution in [3.8, 4) is 11.5 Å². The number of tetrazole rings is 1. The van der Waals surface area contributed by atoms with E-state index in [-0.39, 0.29) is 11.9 Å². The fourth-order valence-corrected chi connectivity index (χ4v) is 2.30. The van der Waals surface area contributed by atoms with Crippen LogP contribution in [0.2, 0.25) is 0 Å². The number of pyridine rings is 1. The van der Waals surface area contributed by atoms with Gasteiger partial charge in [-0.05, 0) is 48.5 Å². The van der Waals surface area contributed by atoms with Crippen molar-refractivity contribution in [2.75, 3.05) is 0 Å². The van der Waals surface area contributed by atoms with E-state index in [0.717, 1.165) is 0 Å². The lowest BCUT2D eigenvalue weighted by atomic mass is 10.1. The van der Waals surface area contributed by atoms with Crippen LogP contribution >= 0.6 is 0 Å². The lowest BCUT2D eigenvalue weighted by Crippen LogP contribution is -2.29. The van der Waals surface area contributed by atoms with Gasteiger partial charge in [-0.2, -0.15) is 0 Å². The lowest BCUT2D eigenvalue weighted by molar-refractivity contribution is 0.0936. The molecule has 3 aromatic rings. The quantitative estimate of drug-likeness (QED) is 0.786. The molecule has 0 saturated heterocycles. The smallest absolute Gasteiger partial charge is 0.253 e. The maximum atomic E-state index is 12.4. The number of rotatable bonds is 4. The molecule has 0 aliphatic carbocycles. The lowest BCUT2D eigenvalue weighted by Gasteiger charge is -2.13. The highest BCUT2D eigenvalue weighted by atomic mass is 16.3. The molecule has 0 spiro atoms. The van der Waals surface area contributed by atoms with Crippen LogP contribution < -0.4 is 5.32 Å². The van der Waals surface area contributed by atoms with Crippen LogP contribution in [0.3, 0.4) is 0 Å². The van der Waals surface area contributed by atoms with E-state index in [1.54, 1.807) is 38.4 Å². The first-order valence-electron chi connectivity index (χ1n) is 7.11. The van der Waals surface area contributed by atoms with Crippen molar-refractivity contribution in [1.29, 1.82) is 0 Å². The molecule has 118 valence electrons.